The Morgan fingerprint density at radius 3 is 2.70 bits per heavy atom. The largest absolute Gasteiger partial charge is 0.386 e. The molecule has 0 aromatic heterocycles. The summed E-state index contributed by atoms with van der Waals surface area (Å²) in [5, 5.41) is 13.5. The fourth-order valence-electron chi connectivity index (χ4n) is 1.61. The Kier molecular flexibility index (Phi) is 1.66. The van der Waals surface area contributed by atoms with E-state index in [4.69, 9.17) is 0 Å². The third-order valence-electron chi connectivity index (χ3n) is 2.39. The van der Waals surface area contributed by atoms with Crippen molar-refractivity contribution in [3.63, 3.8) is 0 Å². The van der Waals surface area contributed by atoms with Crippen LogP contribution in [0.5, 0.6) is 0 Å². The molecule has 0 spiro atoms. The number of rotatable bonds is 1. The topological polar surface area (TPSA) is 32.3 Å². The van der Waals surface area contributed by atoms with Crippen molar-refractivity contribution < 1.29 is 5.11 Å². The lowest BCUT2D eigenvalue weighted by Gasteiger charge is -2.41. The maximum absolute atomic E-state index is 9.83. The van der Waals surface area contributed by atoms with Crippen LogP contribution in [0.1, 0.15) is 12.8 Å². The number of nitrogens with one attached hydrogen (secondary N) is 1. The second-order valence-electron chi connectivity index (χ2n) is 3.21. The molecule has 0 aromatic carbocycles. The summed E-state index contributed by atoms with van der Waals surface area (Å²) in [6, 6.07) is 0. The Labute approximate surface area is 65.4 Å². The summed E-state index contributed by atoms with van der Waals surface area (Å²) in [4.78, 5) is 0. The smallest absolute Gasteiger partial charge is 0.101 e. The summed E-state index contributed by atoms with van der Waals surface area (Å²) in [7, 11) is 0. The van der Waals surface area contributed by atoms with E-state index in [1.165, 1.54) is 18.6 Å². The van der Waals surface area contributed by atoms with Crippen molar-refractivity contribution in [1.82, 2.24) is 5.32 Å². The third-order valence-corrected chi connectivity index (χ3v) is 3.99. The Balaban J connectivity index is 1.96. The SMILES string of the molecule is OC1(C2CCCS2)CNC1. The normalized spacial score (nSPS) is 37.5. The average Bonchev–Trinajstić information content (AvgIpc) is 2.33. The molecule has 10 heavy (non-hydrogen) atoms. The van der Waals surface area contributed by atoms with E-state index in [1.807, 2.05) is 11.8 Å². The molecular formula is C7H13NOS. The molecule has 58 valence electrons. The van der Waals surface area contributed by atoms with Crippen molar-refractivity contribution in [2.75, 3.05) is 18.8 Å². The first kappa shape index (κ1) is 6.95. The lowest BCUT2D eigenvalue weighted by Crippen LogP contribution is -2.64. The van der Waals surface area contributed by atoms with Gasteiger partial charge in [-0.15, -0.1) is 0 Å². The Morgan fingerprint density at radius 2 is 2.30 bits per heavy atom. The van der Waals surface area contributed by atoms with Crippen LogP contribution in [0.2, 0.25) is 0 Å². The number of β-amino-alcohol motifs (C(OH)–C–C–N with tert-alkyl or cyclic N) is 1. The van der Waals surface area contributed by atoms with Crippen LogP contribution in [-0.4, -0.2) is 34.8 Å². The van der Waals surface area contributed by atoms with Gasteiger partial charge in [-0.3, -0.25) is 0 Å². The number of thioether (sulfide) groups is 1. The molecule has 2 aliphatic heterocycles. The van der Waals surface area contributed by atoms with Crippen molar-refractivity contribution in [2.24, 2.45) is 0 Å². The quantitative estimate of drug-likeness (QED) is 0.574. The second-order valence-corrected chi connectivity index (χ2v) is 4.52. The number of hydrogen-bond donors (Lipinski definition) is 2. The van der Waals surface area contributed by atoms with Gasteiger partial charge in [0.2, 0.25) is 0 Å². The van der Waals surface area contributed by atoms with Gasteiger partial charge in [-0.1, -0.05) is 0 Å². The summed E-state index contributed by atoms with van der Waals surface area (Å²) in [5.41, 5.74) is -0.346. The van der Waals surface area contributed by atoms with Crippen LogP contribution in [0.25, 0.3) is 0 Å². The van der Waals surface area contributed by atoms with E-state index in [0.717, 1.165) is 13.1 Å². The van der Waals surface area contributed by atoms with Gasteiger partial charge in [-0.2, -0.15) is 11.8 Å². The molecule has 0 saturated carbocycles. The number of aliphatic hydroxyl groups is 1. The molecule has 2 aliphatic rings. The van der Waals surface area contributed by atoms with E-state index in [2.05, 4.69) is 5.32 Å². The second kappa shape index (κ2) is 2.40. The van der Waals surface area contributed by atoms with E-state index in [9.17, 15) is 5.11 Å². The first-order valence-corrected chi connectivity index (χ1v) is 4.91. The summed E-state index contributed by atoms with van der Waals surface area (Å²) in [6.07, 6.45) is 2.50. The molecular weight excluding hydrogens is 146 g/mol. The van der Waals surface area contributed by atoms with E-state index < -0.39 is 0 Å². The molecule has 2 fully saturated rings. The minimum absolute atomic E-state index is 0.346. The summed E-state index contributed by atoms with van der Waals surface area (Å²) in [5.74, 6) is 1.24. The fraction of sp³-hybridized carbons (Fsp3) is 1.00. The molecule has 2 saturated heterocycles. The highest BCUT2D eigenvalue weighted by atomic mass is 32.2. The molecule has 3 heteroatoms. The highest BCUT2D eigenvalue weighted by Gasteiger charge is 2.43. The van der Waals surface area contributed by atoms with E-state index >= 15 is 0 Å². The highest BCUT2D eigenvalue weighted by molar-refractivity contribution is 8.00. The first-order valence-electron chi connectivity index (χ1n) is 3.86. The zero-order valence-electron chi connectivity index (χ0n) is 5.97. The van der Waals surface area contributed by atoms with Crippen molar-refractivity contribution in [1.29, 1.82) is 0 Å². The van der Waals surface area contributed by atoms with Crippen LogP contribution in [0, 0.1) is 0 Å². The molecule has 0 amide bonds. The summed E-state index contributed by atoms with van der Waals surface area (Å²) >= 11 is 1.94. The molecule has 0 aliphatic carbocycles. The molecule has 0 aromatic rings. The van der Waals surface area contributed by atoms with Crippen LogP contribution < -0.4 is 5.32 Å². The summed E-state index contributed by atoms with van der Waals surface area (Å²) < 4.78 is 0. The van der Waals surface area contributed by atoms with Crippen molar-refractivity contribution in [2.45, 2.75) is 23.7 Å². The van der Waals surface area contributed by atoms with Gasteiger partial charge >= 0.3 is 0 Å². The van der Waals surface area contributed by atoms with Crippen LogP contribution in [0.4, 0.5) is 0 Å². The maximum atomic E-state index is 9.83. The van der Waals surface area contributed by atoms with Crippen molar-refractivity contribution >= 4 is 11.8 Å². The van der Waals surface area contributed by atoms with Gasteiger partial charge in [0, 0.05) is 18.3 Å². The summed E-state index contributed by atoms with van der Waals surface area (Å²) in [6.45, 7) is 1.62. The molecule has 0 radical (unpaired) electrons. The van der Waals surface area contributed by atoms with Crippen LogP contribution in [0.15, 0.2) is 0 Å². The number of hydrogen-bond acceptors (Lipinski definition) is 3. The first-order chi connectivity index (χ1) is 4.81. The molecule has 1 unspecified atom stereocenters. The van der Waals surface area contributed by atoms with E-state index in [-0.39, 0.29) is 5.60 Å². The van der Waals surface area contributed by atoms with Crippen molar-refractivity contribution in [3.8, 4) is 0 Å². The minimum atomic E-state index is -0.346. The maximum Gasteiger partial charge on any atom is 0.101 e. The standard InChI is InChI=1S/C7H13NOS/c9-7(4-8-5-7)6-2-1-3-10-6/h6,8-9H,1-5H2. The fourth-order valence-corrected chi connectivity index (χ4v) is 3.04. The van der Waals surface area contributed by atoms with Gasteiger partial charge in [-0.05, 0) is 18.6 Å². The van der Waals surface area contributed by atoms with Gasteiger partial charge in [0.25, 0.3) is 0 Å². The predicted octanol–water partition coefficient (Wildman–Crippen LogP) is 0.216. The molecule has 0 bridgehead atoms. The van der Waals surface area contributed by atoms with E-state index in [1.54, 1.807) is 0 Å². The molecule has 2 N–H and O–H groups in total. The van der Waals surface area contributed by atoms with Gasteiger partial charge < -0.3 is 10.4 Å². The Morgan fingerprint density at radius 1 is 1.50 bits per heavy atom. The van der Waals surface area contributed by atoms with Crippen LogP contribution in [-0.2, 0) is 0 Å². The lowest BCUT2D eigenvalue weighted by atomic mass is 9.90. The van der Waals surface area contributed by atoms with Crippen LogP contribution >= 0.6 is 11.8 Å². The monoisotopic (exact) mass is 159 g/mol. The van der Waals surface area contributed by atoms with Gasteiger partial charge in [-0.25, -0.2) is 0 Å². The molecule has 2 nitrogen and oxygen atoms in total. The zero-order valence-corrected chi connectivity index (χ0v) is 6.78. The van der Waals surface area contributed by atoms with Crippen LogP contribution in [0.3, 0.4) is 0 Å². The van der Waals surface area contributed by atoms with Gasteiger partial charge in [0.05, 0.1) is 0 Å². The predicted molar refractivity (Wildman–Crippen MR) is 43.3 cm³/mol. The Bertz CT molecular complexity index is 130. The average molecular weight is 159 g/mol. The highest BCUT2D eigenvalue weighted by Crippen LogP contribution is 2.36. The molecule has 2 rings (SSSR count). The minimum Gasteiger partial charge on any atom is -0.386 e. The molecule has 1 atom stereocenters. The Hall–Kier alpha value is 0.270. The van der Waals surface area contributed by atoms with E-state index in [0.29, 0.717) is 5.25 Å². The van der Waals surface area contributed by atoms with Gasteiger partial charge in [0.1, 0.15) is 5.60 Å². The third kappa shape index (κ3) is 0.966. The van der Waals surface area contributed by atoms with Gasteiger partial charge in [0.15, 0.2) is 0 Å². The lowest BCUT2D eigenvalue weighted by molar-refractivity contribution is -0.0115. The van der Waals surface area contributed by atoms with Crippen molar-refractivity contribution in [3.05, 3.63) is 0 Å². The molecule has 2 heterocycles. The zero-order chi connectivity index (χ0) is 7.03.